The Labute approximate surface area is 310 Å². The minimum Gasteiger partial charge on any atom is -0.411 e. The van der Waals surface area contributed by atoms with Crippen molar-refractivity contribution in [3.05, 3.63) is 35.9 Å². The highest BCUT2D eigenvalue weighted by Crippen LogP contribution is 2.58. The zero-order valence-corrected chi connectivity index (χ0v) is 36.7. The smallest absolute Gasteiger partial charge is 0.328 e. The minimum absolute atomic E-state index is 0.00501. The molecule has 9 nitrogen and oxygen atoms in total. The van der Waals surface area contributed by atoms with Crippen molar-refractivity contribution < 1.29 is 36.7 Å². The van der Waals surface area contributed by atoms with E-state index in [2.05, 4.69) is 81.6 Å². The fourth-order valence-electron chi connectivity index (χ4n) is 6.48. The Morgan fingerprint density at radius 2 is 1.52 bits per heavy atom. The molecule has 3 saturated heterocycles. The molecule has 0 bridgehead atoms. The summed E-state index contributed by atoms with van der Waals surface area (Å²) >= 11 is 6.42. The minimum atomic E-state index is -3.52. The summed E-state index contributed by atoms with van der Waals surface area (Å²) in [5, 5.41) is 0.0952. The number of hydrogen-bond donors (Lipinski definition) is 0. The van der Waals surface area contributed by atoms with Gasteiger partial charge in [0, 0.05) is 19.4 Å². The molecular formula is C37H66NO8PSSi2. The number of ether oxygens (including phenoxy) is 2. The van der Waals surface area contributed by atoms with E-state index >= 15 is 0 Å². The molecule has 3 heterocycles. The van der Waals surface area contributed by atoms with Gasteiger partial charge in [-0.2, -0.15) is 0 Å². The van der Waals surface area contributed by atoms with Crippen LogP contribution in [0.5, 0.6) is 0 Å². The molecule has 3 aliphatic heterocycles. The Hall–Kier alpha value is -0.506. The van der Waals surface area contributed by atoms with Gasteiger partial charge < -0.3 is 27.7 Å². The van der Waals surface area contributed by atoms with E-state index in [4.69, 9.17) is 43.7 Å². The van der Waals surface area contributed by atoms with Gasteiger partial charge in [-0.05, 0) is 72.9 Å². The Morgan fingerprint density at radius 3 is 2.08 bits per heavy atom. The van der Waals surface area contributed by atoms with Crippen molar-refractivity contribution in [2.24, 2.45) is 5.92 Å². The standard InChI is InChI=1S/C37H66NO8PSSi2/c1-14-30-35(33(24-40-30)46-50(12,13)37(7,8)9)44-47(48,42-25-31-26(2)32(23-41-31)45-49(10,11)36(4,5)6)43-34(28-19-16-15-17-20-28)29-21-18-22-38(29)27(3)39/h15-17,19-20,26,29-35H,14,18,21-25H2,1-13H3/t26?,29-,30+,31+,32+,33+,34+,35?,47+/m0/s1. The number of benzene rings is 1. The Kier molecular flexibility index (Phi) is 13.9. The van der Waals surface area contributed by atoms with Crippen LogP contribution in [0.4, 0.5) is 0 Å². The number of hydrogen-bond acceptors (Lipinski definition) is 9. The number of likely N-dealkylation sites (tertiary alicyclic amines) is 1. The maximum atomic E-state index is 12.8. The van der Waals surface area contributed by atoms with Crippen molar-refractivity contribution in [3.8, 4) is 0 Å². The van der Waals surface area contributed by atoms with Crippen LogP contribution < -0.4 is 0 Å². The van der Waals surface area contributed by atoms with Crippen molar-refractivity contribution >= 4 is 41.1 Å². The lowest BCUT2D eigenvalue weighted by molar-refractivity contribution is -0.131. The van der Waals surface area contributed by atoms with Crippen LogP contribution in [0.25, 0.3) is 0 Å². The highest BCUT2D eigenvalue weighted by Gasteiger charge is 2.50. The van der Waals surface area contributed by atoms with Gasteiger partial charge in [0.1, 0.15) is 12.2 Å². The van der Waals surface area contributed by atoms with Gasteiger partial charge in [0.25, 0.3) is 0 Å². The first-order valence-corrected chi connectivity index (χ1v) is 27.0. The van der Waals surface area contributed by atoms with Crippen molar-refractivity contribution in [3.63, 3.8) is 0 Å². The topological polar surface area (TPSA) is 84.9 Å². The molecular weight excluding hydrogens is 706 g/mol. The molecule has 2 unspecified atom stereocenters. The van der Waals surface area contributed by atoms with Gasteiger partial charge in [-0.3, -0.25) is 13.8 Å². The lowest BCUT2D eigenvalue weighted by Crippen LogP contribution is -2.48. The van der Waals surface area contributed by atoms with Crippen LogP contribution in [-0.4, -0.2) is 90.4 Å². The third-order valence-corrected chi connectivity index (χ3v) is 23.1. The first kappa shape index (κ1) is 42.2. The van der Waals surface area contributed by atoms with Crippen LogP contribution >= 0.6 is 6.72 Å². The number of carbonyl (C=O) groups is 1. The zero-order valence-electron chi connectivity index (χ0n) is 33.0. The molecule has 0 N–H and O–H groups in total. The van der Waals surface area contributed by atoms with Crippen LogP contribution in [0.1, 0.15) is 93.2 Å². The summed E-state index contributed by atoms with van der Waals surface area (Å²) in [5.41, 5.74) is 0.934. The largest absolute Gasteiger partial charge is 0.411 e. The van der Waals surface area contributed by atoms with Gasteiger partial charge in [-0.25, -0.2) is 0 Å². The lowest BCUT2D eigenvalue weighted by Gasteiger charge is -2.41. The van der Waals surface area contributed by atoms with Gasteiger partial charge in [-0.1, -0.05) is 85.7 Å². The van der Waals surface area contributed by atoms with E-state index in [0.29, 0.717) is 19.8 Å². The van der Waals surface area contributed by atoms with E-state index < -0.39 is 35.6 Å². The SMILES string of the molecule is CC[C@H]1OC[C@@H](O[Si](C)(C)C(C)(C)C)C1O[P@@](=S)(OC[C@H]1OC[C@@H](O[Si](C)(C)C(C)(C)C)C1C)O[C@H](c1ccccc1)[C@@H]1CCCN1C(C)=O. The molecule has 4 rings (SSSR count). The fourth-order valence-corrected chi connectivity index (χ4v) is 11.6. The quantitative estimate of drug-likeness (QED) is 0.136. The van der Waals surface area contributed by atoms with Crippen LogP contribution in [0, 0.1) is 5.92 Å². The number of carbonyl (C=O) groups excluding carboxylic acids is 1. The van der Waals surface area contributed by atoms with Crippen molar-refractivity contribution in [1.82, 2.24) is 4.90 Å². The van der Waals surface area contributed by atoms with E-state index in [1.165, 1.54) is 0 Å². The molecule has 0 spiro atoms. The van der Waals surface area contributed by atoms with Gasteiger partial charge in [-0.15, -0.1) is 0 Å². The fraction of sp³-hybridized carbons (Fsp3) is 0.811. The second kappa shape index (κ2) is 16.5. The molecule has 286 valence electrons. The predicted octanol–water partition coefficient (Wildman–Crippen LogP) is 9.01. The van der Waals surface area contributed by atoms with E-state index in [9.17, 15) is 4.79 Å². The molecule has 3 aliphatic rings. The summed E-state index contributed by atoms with van der Waals surface area (Å²) < 4.78 is 47.2. The molecule has 0 aromatic heterocycles. The third kappa shape index (κ3) is 9.97. The number of nitrogens with zero attached hydrogens (tertiary/aromatic N) is 1. The molecule has 3 fully saturated rings. The molecule has 13 heteroatoms. The predicted molar refractivity (Wildman–Crippen MR) is 209 cm³/mol. The van der Waals surface area contributed by atoms with Gasteiger partial charge in [0.15, 0.2) is 16.6 Å². The van der Waals surface area contributed by atoms with Gasteiger partial charge in [0.05, 0.1) is 50.3 Å². The first-order valence-electron chi connectivity index (χ1n) is 18.6. The van der Waals surface area contributed by atoms with Crippen LogP contribution in [0.15, 0.2) is 30.3 Å². The molecule has 0 aliphatic carbocycles. The summed E-state index contributed by atoms with van der Waals surface area (Å²) in [4.78, 5) is 14.7. The van der Waals surface area contributed by atoms with Crippen LogP contribution in [0.2, 0.25) is 36.3 Å². The third-order valence-electron chi connectivity index (χ3n) is 11.8. The lowest BCUT2D eigenvalue weighted by atomic mass is 10.0. The second-order valence-corrected chi connectivity index (χ2v) is 29.9. The number of rotatable bonds is 14. The molecule has 1 aromatic carbocycles. The Bertz CT molecular complexity index is 1320. The van der Waals surface area contributed by atoms with E-state index in [-0.39, 0.29) is 59.0 Å². The van der Waals surface area contributed by atoms with Crippen molar-refractivity contribution in [1.29, 1.82) is 0 Å². The van der Waals surface area contributed by atoms with Crippen LogP contribution in [0.3, 0.4) is 0 Å². The second-order valence-electron chi connectivity index (χ2n) is 17.5. The zero-order chi connectivity index (χ0) is 37.3. The highest BCUT2D eigenvalue weighted by atomic mass is 32.5. The maximum Gasteiger partial charge on any atom is 0.328 e. The van der Waals surface area contributed by atoms with Gasteiger partial charge in [0.2, 0.25) is 5.91 Å². The highest BCUT2D eigenvalue weighted by molar-refractivity contribution is 8.07. The van der Waals surface area contributed by atoms with E-state index in [0.717, 1.165) is 24.8 Å². The summed E-state index contributed by atoms with van der Waals surface area (Å²) in [5.74, 6) is 0.111. The normalized spacial score (nSPS) is 30.1. The molecule has 9 atom stereocenters. The van der Waals surface area contributed by atoms with Crippen molar-refractivity contribution in [2.75, 3.05) is 26.4 Å². The van der Waals surface area contributed by atoms with E-state index in [1.54, 1.807) is 6.92 Å². The Balaban J connectivity index is 1.66. The number of amides is 1. The average Bonchev–Trinajstić information content (AvgIpc) is 3.74. The molecule has 1 aromatic rings. The molecule has 0 saturated carbocycles. The monoisotopic (exact) mass is 771 g/mol. The van der Waals surface area contributed by atoms with Gasteiger partial charge >= 0.3 is 6.72 Å². The molecule has 50 heavy (non-hydrogen) atoms. The maximum absolute atomic E-state index is 12.8. The van der Waals surface area contributed by atoms with Crippen molar-refractivity contribution in [2.45, 2.75) is 161 Å². The summed E-state index contributed by atoms with van der Waals surface area (Å²) in [6.45, 7) is 26.7. The summed E-state index contributed by atoms with van der Waals surface area (Å²) in [7, 11) is -4.19. The summed E-state index contributed by atoms with van der Waals surface area (Å²) in [6.07, 6.45) is 0.609. The van der Waals surface area contributed by atoms with Crippen LogP contribution in [-0.2, 0) is 48.5 Å². The molecule has 0 radical (unpaired) electrons. The first-order chi connectivity index (χ1) is 23.1. The average molecular weight is 772 g/mol. The Morgan fingerprint density at radius 1 is 0.960 bits per heavy atom. The molecule has 1 amide bonds. The van der Waals surface area contributed by atoms with E-state index in [1.807, 2.05) is 35.2 Å². The summed E-state index contributed by atoms with van der Waals surface area (Å²) in [6, 6.07) is 9.82.